The highest BCUT2D eigenvalue weighted by molar-refractivity contribution is 6.32. The Kier molecular flexibility index (Phi) is 4.55. The van der Waals surface area contributed by atoms with Crippen molar-refractivity contribution in [3.63, 3.8) is 0 Å². The Labute approximate surface area is 113 Å². The Hall–Kier alpha value is -1.13. The van der Waals surface area contributed by atoms with E-state index in [0.717, 1.165) is 38.3 Å². The summed E-state index contributed by atoms with van der Waals surface area (Å²) in [5, 5.41) is 3.98. The van der Waals surface area contributed by atoms with Crippen LogP contribution in [0.1, 0.15) is 19.8 Å². The minimum absolute atomic E-state index is 0.443. The third kappa shape index (κ3) is 3.68. The summed E-state index contributed by atoms with van der Waals surface area (Å²) in [5.74, 6) is 0.741. The maximum Gasteiger partial charge on any atom is 0.148 e. The monoisotopic (exact) mass is 266 g/mol. The number of hydrogen-bond acceptors (Lipinski definition) is 4. The number of rotatable bonds is 4. The molecule has 0 aromatic carbocycles. The molecule has 5 heteroatoms. The van der Waals surface area contributed by atoms with E-state index in [1.54, 1.807) is 6.20 Å². The second-order valence-electron chi connectivity index (χ2n) is 4.87. The smallest absolute Gasteiger partial charge is 0.148 e. The van der Waals surface area contributed by atoms with Crippen LogP contribution >= 0.6 is 11.6 Å². The van der Waals surface area contributed by atoms with Crippen LogP contribution in [0.5, 0.6) is 0 Å². The zero-order valence-corrected chi connectivity index (χ0v) is 11.5. The van der Waals surface area contributed by atoms with E-state index in [2.05, 4.69) is 33.7 Å². The van der Waals surface area contributed by atoms with Crippen molar-refractivity contribution in [2.45, 2.75) is 25.8 Å². The van der Waals surface area contributed by atoms with Gasteiger partial charge in [0.2, 0.25) is 0 Å². The van der Waals surface area contributed by atoms with Gasteiger partial charge in [-0.1, -0.05) is 23.8 Å². The summed E-state index contributed by atoms with van der Waals surface area (Å²) in [5.41, 5.74) is 1.22. The molecule has 1 aromatic heterocycles. The van der Waals surface area contributed by atoms with E-state index in [0.29, 0.717) is 11.1 Å². The molecule has 1 aromatic rings. The average molecular weight is 267 g/mol. The highest BCUT2D eigenvalue weighted by atomic mass is 35.5. The van der Waals surface area contributed by atoms with Crippen molar-refractivity contribution < 1.29 is 0 Å². The second-order valence-corrected chi connectivity index (χ2v) is 5.28. The van der Waals surface area contributed by atoms with Crippen LogP contribution < -0.4 is 5.32 Å². The summed E-state index contributed by atoms with van der Waals surface area (Å²) in [6.45, 7) is 9.21. The Morgan fingerprint density at radius 2 is 2.28 bits per heavy atom. The van der Waals surface area contributed by atoms with Gasteiger partial charge < -0.3 is 5.32 Å². The number of aromatic nitrogens is 2. The normalized spacial score (nSPS) is 17.7. The van der Waals surface area contributed by atoms with Crippen molar-refractivity contribution in [1.82, 2.24) is 14.9 Å². The van der Waals surface area contributed by atoms with Gasteiger partial charge in [0.15, 0.2) is 0 Å². The molecule has 1 N–H and O–H groups in total. The Morgan fingerprint density at radius 1 is 1.56 bits per heavy atom. The predicted octanol–water partition coefficient (Wildman–Crippen LogP) is 2.58. The summed E-state index contributed by atoms with van der Waals surface area (Å²) < 4.78 is 0. The highest BCUT2D eigenvalue weighted by Gasteiger charge is 2.19. The molecule has 0 aliphatic carbocycles. The quantitative estimate of drug-likeness (QED) is 0.851. The third-order valence-corrected chi connectivity index (χ3v) is 3.37. The van der Waals surface area contributed by atoms with Gasteiger partial charge in [0, 0.05) is 25.7 Å². The van der Waals surface area contributed by atoms with Crippen LogP contribution in [0.2, 0.25) is 5.02 Å². The standard InChI is InChI=1S/C13H19ClN4/c1-10(2)8-18-5-3-11(4-6-18)17-13-12(14)7-15-9-16-13/h7,9,11H,1,3-6,8H2,2H3,(H,15,16,17). The molecule has 0 atom stereocenters. The maximum atomic E-state index is 6.03. The number of nitrogens with one attached hydrogen (secondary N) is 1. The molecule has 0 unspecified atom stereocenters. The predicted molar refractivity (Wildman–Crippen MR) is 74.9 cm³/mol. The third-order valence-electron chi connectivity index (χ3n) is 3.09. The summed E-state index contributed by atoms with van der Waals surface area (Å²) in [4.78, 5) is 10.5. The fraction of sp³-hybridized carbons (Fsp3) is 0.538. The zero-order chi connectivity index (χ0) is 13.0. The van der Waals surface area contributed by atoms with E-state index in [1.807, 2.05) is 0 Å². The first kappa shape index (κ1) is 13.3. The molecular formula is C13H19ClN4. The van der Waals surface area contributed by atoms with Gasteiger partial charge in [-0.25, -0.2) is 9.97 Å². The SMILES string of the molecule is C=C(C)CN1CCC(Nc2ncncc2Cl)CC1. The molecule has 1 saturated heterocycles. The fourth-order valence-corrected chi connectivity index (χ4v) is 2.39. The van der Waals surface area contributed by atoms with Crippen molar-refractivity contribution in [1.29, 1.82) is 0 Å². The number of hydrogen-bond donors (Lipinski definition) is 1. The molecule has 1 aliphatic rings. The first-order chi connectivity index (χ1) is 8.65. The van der Waals surface area contributed by atoms with E-state index < -0.39 is 0 Å². The zero-order valence-electron chi connectivity index (χ0n) is 10.7. The van der Waals surface area contributed by atoms with Crippen molar-refractivity contribution in [3.8, 4) is 0 Å². The minimum Gasteiger partial charge on any atom is -0.366 e. The lowest BCUT2D eigenvalue weighted by molar-refractivity contribution is 0.235. The van der Waals surface area contributed by atoms with Gasteiger partial charge in [-0.2, -0.15) is 0 Å². The number of likely N-dealkylation sites (tertiary alicyclic amines) is 1. The molecular weight excluding hydrogens is 248 g/mol. The van der Waals surface area contributed by atoms with E-state index in [9.17, 15) is 0 Å². The lowest BCUT2D eigenvalue weighted by atomic mass is 10.0. The molecule has 4 nitrogen and oxygen atoms in total. The van der Waals surface area contributed by atoms with E-state index in [1.165, 1.54) is 11.9 Å². The number of anilines is 1. The van der Waals surface area contributed by atoms with Crippen molar-refractivity contribution in [2.24, 2.45) is 0 Å². The molecule has 0 saturated carbocycles. The molecule has 0 spiro atoms. The maximum absolute atomic E-state index is 6.03. The van der Waals surface area contributed by atoms with E-state index in [-0.39, 0.29) is 0 Å². The average Bonchev–Trinajstić information content (AvgIpc) is 2.34. The Morgan fingerprint density at radius 3 is 2.89 bits per heavy atom. The van der Waals surface area contributed by atoms with E-state index in [4.69, 9.17) is 11.6 Å². The summed E-state index contributed by atoms with van der Waals surface area (Å²) in [6, 6.07) is 0.443. The van der Waals surface area contributed by atoms with Gasteiger partial charge in [0.05, 0.1) is 6.20 Å². The van der Waals surface area contributed by atoms with Crippen molar-refractivity contribution >= 4 is 17.4 Å². The van der Waals surface area contributed by atoms with Crippen LogP contribution in [0.25, 0.3) is 0 Å². The molecule has 98 valence electrons. The van der Waals surface area contributed by atoms with Crippen LogP contribution in [0.15, 0.2) is 24.7 Å². The molecule has 18 heavy (non-hydrogen) atoms. The van der Waals surface area contributed by atoms with Crippen LogP contribution in [-0.2, 0) is 0 Å². The fourth-order valence-electron chi connectivity index (χ4n) is 2.23. The lowest BCUT2D eigenvalue weighted by Gasteiger charge is -2.32. The molecule has 0 radical (unpaired) electrons. The van der Waals surface area contributed by atoms with Crippen LogP contribution in [0.3, 0.4) is 0 Å². The number of piperidine rings is 1. The van der Waals surface area contributed by atoms with Crippen LogP contribution in [0, 0.1) is 0 Å². The van der Waals surface area contributed by atoms with Gasteiger partial charge in [0.25, 0.3) is 0 Å². The molecule has 1 fully saturated rings. The van der Waals surface area contributed by atoms with Gasteiger partial charge in [-0.15, -0.1) is 0 Å². The topological polar surface area (TPSA) is 41.0 Å². The van der Waals surface area contributed by atoms with Crippen LogP contribution in [0.4, 0.5) is 5.82 Å². The molecule has 0 bridgehead atoms. The number of halogens is 1. The largest absolute Gasteiger partial charge is 0.366 e. The molecule has 0 amide bonds. The Balaban J connectivity index is 1.84. The minimum atomic E-state index is 0.443. The number of nitrogens with zero attached hydrogens (tertiary/aromatic N) is 3. The van der Waals surface area contributed by atoms with Crippen molar-refractivity contribution in [3.05, 3.63) is 29.7 Å². The van der Waals surface area contributed by atoms with Gasteiger partial charge >= 0.3 is 0 Å². The summed E-state index contributed by atoms with van der Waals surface area (Å²) in [7, 11) is 0. The van der Waals surface area contributed by atoms with Gasteiger partial charge in [0.1, 0.15) is 17.2 Å². The molecule has 1 aliphatic heterocycles. The molecule has 2 heterocycles. The van der Waals surface area contributed by atoms with Gasteiger partial charge in [-0.3, -0.25) is 4.90 Å². The van der Waals surface area contributed by atoms with E-state index >= 15 is 0 Å². The van der Waals surface area contributed by atoms with Crippen molar-refractivity contribution in [2.75, 3.05) is 25.0 Å². The van der Waals surface area contributed by atoms with Crippen LogP contribution in [-0.4, -0.2) is 40.5 Å². The molecule has 2 rings (SSSR count). The second kappa shape index (κ2) is 6.16. The Bertz CT molecular complexity index is 413. The highest BCUT2D eigenvalue weighted by Crippen LogP contribution is 2.21. The first-order valence-corrected chi connectivity index (χ1v) is 6.61. The summed E-state index contributed by atoms with van der Waals surface area (Å²) >= 11 is 6.03. The summed E-state index contributed by atoms with van der Waals surface area (Å²) in [6.07, 6.45) is 5.35. The first-order valence-electron chi connectivity index (χ1n) is 6.24. The lowest BCUT2D eigenvalue weighted by Crippen LogP contribution is -2.39. The van der Waals surface area contributed by atoms with Gasteiger partial charge in [-0.05, 0) is 19.8 Å².